The molecule has 0 bridgehead atoms. The van der Waals surface area contributed by atoms with Gasteiger partial charge in [-0.2, -0.15) is 0 Å². The predicted octanol–water partition coefficient (Wildman–Crippen LogP) is 3.13. The number of furan rings is 1. The van der Waals surface area contributed by atoms with Crippen LogP contribution < -0.4 is 10.9 Å². The van der Waals surface area contributed by atoms with Gasteiger partial charge in [-0.25, -0.2) is 0 Å². The summed E-state index contributed by atoms with van der Waals surface area (Å²) in [4.78, 5) is 23.6. The van der Waals surface area contributed by atoms with Crippen LogP contribution >= 0.6 is 0 Å². The van der Waals surface area contributed by atoms with Gasteiger partial charge in [0, 0.05) is 24.9 Å². The summed E-state index contributed by atoms with van der Waals surface area (Å²) in [6, 6.07) is 16.6. The molecule has 0 atom stereocenters. The van der Waals surface area contributed by atoms with Crippen molar-refractivity contribution in [2.45, 2.75) is 20.0 Å². The summed E-state index contributed by atoms with van der Waals surface area (Å²) in [7, 11) is 0. The van der Waals surface area contributed by atoms with Crippen LogP contribution in [-0.2, 0) is 17.9 Å². The third kappa shape index (κ3) is 4.83. The zero-order chi connectivity index (χ0) is 18.4. The number of pyridine rings is 1. The van der Waals surface area contributed by atoms with Gasteiger partial charge in [-0.1, -0.05) is 30.3 Å². The minimum absolute atomic E-state index is 0.0256. The molecule has 1 N–H and O–H groups in total. The molecule has 5 nitrogen and oxygen atoms in total. The molecule has 0 aliphatic heterocycles. The molecule has 132 valence electrons. The molecule has 1 amide bonds. The van der Waals surface area contributed by atoms with E-state index >= 15 is 0 Å². The Morgan fingerprint density at radius 1 is 1.08 bits per heavy atom. The molecule has 0 fully saturated rings. The van der Waals surface area contributed by atoms with E-state index in [9.17, 15) is 9.59 Å². The molecule has 5 heteroatoms. The molecule has 26 heavy (non-hydrogen) atoms. The van der Waals surface area contributed by atoms with Crippen LogP contribution in [0, 0.1) is 6.92 Å². The highest BCUT2D eigenvalue weighted by atomic mass is 16.3. The summed E-state index contributed by atoms with van der Waals surface area (Å²) in [6.45, 7) is 2.82. The van der Waals surface area contributed by atoms with Gasteiger partial charge in [0.2, 0.25) is 5.91 Å². The zero-order valence-electron chi connectivity index (χ0n) is 14.5. The van der Waals surface area contributed by atoms with Crippen LogP contribution in [0.15, 0.2) is 76.1 Å². The van der Waals surface area contributed by atoms with E-state index in [1.165, 1.54) is 6.08 Å². The summed E-state index contributed by atoms with van der Waals surface area (Å²) < 4.78 is 7.03. The number of benzene rings is 1. The van der Waals surface area contributed by atoms with Crippen LogP contribution in [0.3, 0.4) is 0 Å². The van der Waals surface area contributed by atoms with E-state index in [4.69, 9.17) is 4.42 Å². The Morgan fingerprint density at radius 3 is 2.54 bits per heavy atom. The fourth-order valence-electron chi connectivity index (χ4n) is 2.50. The second-order valence-electron chi connectivity index (χ2n) is 5.98. The molecule has 0 spiro atoms. The summed E-state index contributed by atoms with van der Waals surface area (Å²) in [5.74, 6) is 1.28. The smallest absolute Gasteiger partial charge is 0.250 e. The number of aromatic nitrogens is 1. The largest absolute Gasteiger partial charge is 0.462 e. The number of aryl methyl sites for hydroxylation is 1. The number of rotatable bonds is 6. The monoisotopic (exact) mass is 348 g/mol. The van der Waals surface area contributed by atoms with Crippen molar-refractivity contribution in [3.8, 4) is 0 Å². The van der Waals surface area contributed by atoms with E-state index in [0.717, 1.165) is 16.9 Å². The third-order valence-corrected chi connectivity index (χ3v) is 3.90. The molecule has 3 aromatic rings. The lowest BCUT2D eigenvalue weighted by Crippen LogP contribution is -2.20. The molecule has 0 radical (unpaired) electrons. The van der Waals surface area contributed by atoms with Crippen molar-refractivity contribution in [2.24, 2.45) is 0 Å². The van der Waals surface area contributed by atoms with Gasteiger partial charge in [0.05, 0.1) is 6.54 Å². The van der Waals surface area contributed by atoms with Gasteiger partial charge in [-0.15, -0.1) is 0 Å². The van der Waals surface area contributed by atoms with Crippen LogP contribution in [-0.4, -0.2) is 10.5 Å². The molecule has 2 heterocycles. The Kier molecular flexibility index (Phi) is 5.49. The molecule has 3 rings (SSSR count). The molecule has 0 saturated heterocycles. The second-order valence-corrected chi connectivity index (χ2v) is 5.98. The first-order valence-electron chi connectivity index (χ1n) is 8.36. The first kappa shape index (κ1) is 17.5. The van der Waals surface area contributed by atoms with Crippen LogP contribution in [0.4, 0.5) is 0 Å². The Hall–Kier alpha value is -3.34. The number of nitrogens with one attached hydrogen (secondary N) is 1. The van der Waals surface area contributed by atoms with Crippen LogP contribution in [0.1, 0.15) is 22.6 Å². The van der Waals surface area contributed by atoms with E-state index < -0.39 is 0 Å². The maximum atomic E-state index is 11.9. The maximum Gasteiger partial charge on any atom is 0.250 e. The standard InChI is InChI=1S/C21H20N2O3/c1-16-5-10-19(26-16)11-12-20(24)22-14-17-6-8-18(9-7-17)15-23-13-3-2-4-21(23)25/h2-13H,14-15H2,1H3,(H,22,24). The van der Waals surface area contributed by atoms with Crippen molar-refractivity contribution >= 4 is 12.0 Å². The molecule has 2 aromatic heterocycles. The van der Waals surface area contributed by atoms with Gasteiger partial charge in [0.1, 0.15) is 11.5 Å². The SMILES string of the molecule is Cc1ccc(C=CC(=O)NCc2ccc(Cn3ccccc3=O)cc2)o1. The minimum Gasteiger partial charge on any atom is -0.462 e. The Morgan fingerprint density at radius 2 is 1.85 bits per heavy atom. The van der Waals surface area contributed by atoms with Crippen molar-refractivity contribution in [1.82, 2.24) is 9.88 Å². The summed E-state index contributed by atoms with van der Waals surface area (Å²) in [5, 5.41) is 2.83. The normalized spacial score (nSPS) is 11.0. The van der Waals surface area contributed by atoms with E-state index in [0.29, 0.717) is 18.8 Å². The molecule has 0 unspecified atom stereocenters. The summed E-state index contributed by atoms with van der Waals surface area (Å²) in [6.07, 6.45) is 4.86. The topological polar surface area (TPSA) is 64.2 Å². The number of hydrogen-bond acceptors (Lipinski definition) is 3. The Bertz CT molecular complexity index is 965. The van der Waals surface area contributed by atoms with Gasteiger partial charge in [0.25, 0.3) is 5.56 Å². The van der Waals surface area contributed by atoms with E-state index in [-0.39, 0.29) is 11.5 Å². The molecule has 1 aromatic carbocycles. The highest BCUT2D eigenvalue weighted by Crippen LogP contribution is 2.08. The average Bonchev–Trinajstić information content (AvgIpc) is 3.07. The van der Waals surface area contributed by atoms with Crippen molar-refractivity contribution in [1.29, 1.82) is 0 Å². The van der Waals surface area contributed by atoms with Crippen molar-refractivity contribution in [3.05, 3.63) is 99.9 Å². The number of carbonyl (C=O) groups excluding carboxylic acids is 1. The molecular weight excluding hydrogens is 328 g/mol. The fourth-order valence-corrected chi connectivity index (χ4v) is 2.50. The predicted molar refractivity (Wildman–Crippen MR) is 101 cm³/mol. The lowest BCUT2D eigenvalue weighted by molar-refractivity contribution is -0.116. The molecule has 0 aliphatic rings. The van der Waals surface area contributed by atoms with Crippen molar-refractivity contribution in [2.75, 3.05) is 0 Å². The maximum absolute atomic E-state index is 11.9. The minimum atomic E-state index is -0.182. The first-order valence-corrected chi connectivity index (χ1v) is 8.36. The fraction of sp³-hybridized carbons (Fsp3) is 0.143. The number of amides is 1. The first-order chi connectivity index (χ1) is 12.6. The summed E-state index contributed by atoms with van der Waals surface area (Å²) in [5.41, 5.74) is 1.99. The van der Waals surface area contributed by atoms with Crippen LogP contribution in [0.5, 0.6) is 0 Å². The molecular formula is C21H20N2O3. The van der Waals surface area contributed by atoms with Gasteiger partial charge in [-0.05, 0) is 42.3 Å². The highest BCUT2D eigenvalue weighted by Gasteiger charge is 2.01. The van der Waals surface area contributed by atoms with E-state index in [1.54, 1.807) is 29.0 Å². The molecule has 0 saturated carbocycles. The quantitative estimate of drug-likeness (QED) is 0.696. The second kappa shape index (κ2) is 8.16. The Balaban J connectivity index is 1.52. The average molecular weight is 348 g/mol. The third-order valence-electron chi connectivity index (χ3n) is 3.90. The van der Waals surface area contributed by atoms with Gasteiger partial charge >= 0.3 is 0 Å². The van der Waals surface area contributed by atoms with E-state index in [1.807, 2.05) is 49.4 Å². The number of hydrogen-bond donors (Lipinski definition) is 1. The highest BCUT2D eigenvalue weighted by molar-refractivity contribution is 5.91. The summed E-state index contributed by atoms with van der Waals surface area (Å²) >= 11 is 0. The van der Waals surface area contributed by atoms with Crippen LogP contribution in [0.25, 0.3) is 6.08 Å². The van der Waals surface area contributed by atoms with Gasteiger partial charge in [-0.3, -0.25) is 9.59 Å². The lowest BCUT2D eigenvalue weighted by Gasteiger charge is -2.07. The van der Waals surface area contributed by atoms with Crippen LogP contribution in [0.2, 0.25) is 0 Å². The lowest BCUT2D eigenvalue weighted by atomic mass is 10.1. The number of carbonyl (C=O) groups is 1. The van der Waals surface area contributed by atoms with Crippen molar-refractivity contribution in [3.63, 3.8) is 0 Å². The van der Waals surface area contributed by atoms with Gasteiger partial charge < -0.3 is 14.3 Å². The van der Waals surface area contributed by atoms with Gasteiger partial charge in [0.15, 0.2) is 0 Å². The van der Waals surface area contributed by atoms with Crippen molar-refractivity contribution < 1.29 is 9.21 Å². The number of nitrogens with zero attached hydrogens (tertiary/aromatic N) is 1. The Labute approximate surface area is 151 Å². The zero-order valence-corrected chi connectivity index (χ0v) is 14.5. The molecule has 0 aliphatic carbocycles. The van der Waals surface area contributed by atoms with E-state index in [2.05, 4.69) is 5.32 Å².